The van der Waals surface area contributed by atoms with Crippen molar-refractivity contribution < 1.29 is 29.4 Å². The summed E-state index contributed by atoms with van der Waals surface area (Å²) in [6.07, 6.45) is 5.90. The number of carboxylic acids is 1. The van der Waals surface area contributed by atoms with Gasteiger partial charge in [-0.2, -0.15) is 0 Å². The van der Waals surface area contributed by atoms with Gasteiger partial charge in [-0.3, -0.25) is 14.4 Å². The Kier molecular flexibility index (Phi) is 9.91. The van der Waals surface area contributed by atoms with Crippen molar-refractivity contribution in [3.63, 3.8) is 0 Å². The van der Waals surface area contributed by atoms with Gasteiger partial charge in [0, 0.05) is 13.0 Å². The number of nitrogens with one attached hydrogen (secondary N) is 2. The highest BCUT2D eigenvalue weighted by Gasteiger charge is 2.38. The minimum Gasteiger partial charge on any atom is -0.480 e. The fourth-order valence-electron chi connectivity index (χ4n) is 4.19. The summed E-state index contributed by atoms with van der Waals surface area (Å²) in [7, 11) is 0. The molecule has 11 heteroatoms. The molecule has 2 aliphatic rings. The number of carbonyl (C=O) groups excluding carboxylic acids is 3. The van der Waals surface area contributed by atoms with Gasteiger partial charge in [-0.15, -0.1) is 34.5 Å². The van der Waals surface area contributed by atoms with Crippen LogP contribution in [0.4, 0.5) is 0 Å². The maximum Gasteiger partial charge on any atom is 0.328 e. The van der Waals surface area contributed by atoms with E-state index in [2.05, 4.69) is 10.6 Å². The number of rotatable bonds is 10. The van der Waals surface area contributed by atoms with Crippen molar-refractivity contribution in [1.29, 1.82) is 0 Å². The van der Waals surface area contributed by atoms with E-state index in [0.29, 0.717) is 36.1 Å². The van der Waals surface area contributed by atoms with Gasteiger partial charge in [0.15, 0.2) is 5.78 Å². The van der Waals surface area contributed by atoms with Crippen LogP contribution >= 0.6 is 34.5 Å². The molecular weight excluding hydrogens is 515 g/mol. The predicted molar refractivity (Wildman–Crippen MR) is 134 cm³/mol. The minimum atomic E-state index is -1.35. The summed E-state index contributed by atoms with van der Waals surface area (Å²) in [6, 6.07) is 1.97. The van der Waals surface area contributed by atoms with Crippen molar-refractivity contribution in [1.82, 2.24) is 10.6 Å². The summed E-state index contributed by atoms with van der Waals surface area (Å²) in [5.41, 5.74) is 1.51. The molecule has 0 saturated heterocycles. The highest BCUT2D eigenvalue weighted by atomic mass is 35.5. The van der Waals surface area contributed by atoms with E-state index in [1.165, 1.54) is 11.3 Å². The number of hydrogen-bond acceptors (Lipinski definition) is 6. The Morgan fingerprint density at radius 2 is 1.97 bits per heavy atom. The number of halogens is 2. The third-order valence-corrected chi connectivity index (χ3v) is 7.78. The van der Waals surface area contributed by atoms with Crippen LogP contribution in [0.2, 0.25) is 0 Å². The van der Waals surface area contributed by atoms with Gasteiger partial charge in [0.1, 0.15) is 6.04 Å². The van der Waals surface area contributed by atoms with Crippen LogP contribution in [0, 0.1) is 5.92 Å². The highest BCUT2D eigenvalue weighted by molar-refractivity contribution is 7.12. The quantitative estimate of drug-likeness (QED) is 0.265. The summed E-state index contributed by atoms with van der Waals surface area (Å²) in [5.74, 6) is -3.23. The summed E-state index contributed by atoms with van der Waals surface area (Å²) in [5, 5.41) is 24.4. The van der Waals surface area contributed by atoms with E-state index in [0.717, 1.165) is 12.0 Å². The van der Waals surface area contributed by atoms with Crippen LogP contribution in [-0.2, 0) is 14.4 Å². The molecule has 35 heavy (non-hydrogen) atoms. The number of Topliss-reactive ketones (excluding diaryl/α,β-unsaturated/α-hetero) is 1. The zero-order valence-corrected chi connectivity index (χ0v) is 21.2. The standard InChI is InChI=1S/C24H28Cl2N2O6S/c25-16-9-13(6-7-19(30)14-3-1-4-15(29)11-14)10-17(26)21(16)23(32)28-18(24(33)34)12-27-22(31)20-5-2-8-35-20/h2,5,8-9,11,15-18,21,29H,1,3-4,6-7,10,12H2,(H,27,31)(H,28,32)(H,33,34)/t15?,16-,17+,18+,21?/m1/s1. The molecule has 4 N–H and O–H groups in total. The molecule has 8 nitrogen and oxygen atoms in total. The number of amides is 2. The van der Waals surface area contributed by atoms with E-state index < -0.39 is 46.6 Å². The van der Waals surface area contributed by atoms with Gasteiger partial charge in [0.2, 0.25) is 5.91 Å². The van der Waals surface area contributed by atoms with Gasteiger partial charge in [-0.25, -0.2) is 4.79 Å². The van der Waals surface area contributed by atoms with Gasteiger partial charge >= 0.3 is 5.97 Å². The molecule has 0 aromatic carbocycles. The number of thiophene rings is 1. The molecule has 2 amide bonds. The smallest absolute Gasteiger partial charge is 0.328 e. The molecule has 0 bridgehead atoms. The lowest BCUT2D eigenvalue weighted by atomic mass is 9.85. The van der Waals surface area contributed by atoms with Crippen molar-refractivity contribution in [2.24, 2.45) is 5.92 Å². The minimum absolute atomic E-state index is 0.0179. The molecule has 2 unspecified atom stereocenters. The Morgan fingerprint density at radius 3 is 2.60 bits per heavy atom. The summed E-state index contributed by atoms with van der Waals surface area (Å²) >= 11 is 14.1. The second-order valence-electron chi connectivity index (χ2n) is 8.68. The van der Waals surface area contributed by atoms with E-state index in [9.17, 15) is 29.4 Å². The van der Waals surface area contributed by atoms with E-state index in [1.54, 1.807) is 29.7 Å². The van der Waals surface area contributed by atoms with Crippen molar-refractivity contribution in [3.8, 4) is 0 Å². The summed E-state index contributed by atoms with van der Waals surface area (Å²) in [4.78, 5) is 49.5. The van der Waals surface area contributed by atoms with Crippen molar-refractivity contribution in [2.45, 2.75) is 61.4 Å². The number of aliphatic hydroxyl groups excluding tert-OH is 1. The molecular formula is C24H28Cl2N2O6S. The number of carbonyl (C=O) groups is 4. The Balaban J connectivity index is 1.55. The van der Waals surface area contributed by atoms with Crippen molar-refractivity contribution in [3.05, 3.63) is 45.7 Å². The lowest BCUT2D eigenvalue weighted by Crippen LogP contribution is -2.52. The maximum atomic E-state index is 12.8. The molecule has 0 aliphatic heterocycles. The summed E-state index contributed by atoms with van der Waals surface area (Å²) in [6.45, 7) is -0.293. The average Bonchev–Trinajstić information content (AvgIpc) is 3.34. The van der Waals surface area contributed by atoms with E-state index >= 15 is 0 Å². The number of allylic oxidation sites excluding steroid dienone is 3. The number of aliphatic hydroxyl groups is 1. The Labute approximate surface area is 217 Å². The molecule has 0 fully saturated rings. The largest absolute Gasteiger partial charge is 0.480 e. The third-order valence-electron chi connectivity index (χ3n) is 6.08. The molecule has 2 aliphatic carbocycles. The topological polar surface area (TPSA) is 133 Å². The SMILES string of the molecule is O=C(CCC1=C[C@@H](Cl)C(C(=O)N[C@@H](CNC(=O)c2cccs2)C(=O)O)[C@@H](Cl)C1)C1=CC(O)CCC1. The second kappa shape index (κ2) is 12.7. The second-order valence-corrected chi connectivity index (χ2v) is 10.7. The van der Waals surface area contributed by atoms with Gasteiger partial charge in [-0.05, 0) is 55.2 Å². The van der Waals surface area contributed by atoms with E-state index in [1.807, 2.05) is 0 Å². The fourth-order valence-corrected chi connectivity index (χ4v) is 5.85. The molecule has 0 radical (unpaired) electrons. The first kappa shape index (κ1) is 27.4. The molecule has 190 valence electrons. The average molecular weight is 543 g/mol. The van der Waals surface area contributed by atoms with Crippen LogP contribution in [0.1, 0.15) is 48.2 Å². The maximum absolute atomic E-state index is 12.8. The number of alkyl halides is 2. The zero-order valence-electron chi connectivity index (χ0n) is 18.9. The van der Waals surface area contributed by atoms with Crippen LogP contribution < -0.4 is 10.6 Å². The Bertz CT molecular complexity index is 1010. The van der Waals surface area contributed by atoms with Gasteiger partial charge in [0.25, 0.3) is 5.91 Å². The van der Waals surface area contributed by atoms with Crippen molar-refractivity contribution >= 4 is 58.1 Å². The van der Waals surface area contributed by atoms with Crippen LogP contribution in [0.15, 0.2) is 40.8 Å². The number of hydrogen-bond donors (Lipinski definition) is 4. The highest BCUT2D eigenvalue weighted by Crippen LogP contribution is 2.34. The molecule has 1 heterocycles. The van der Waals surface area contributed by atoms with Crippen LogP contribution in [0.5, 0.6) is 0 Å². The van der Waals surface area contributed by atoms with Gasteiger partial charge in [-0.1, -0.05) is 17.7 Å². The van der Waals surface area contributed by atoms with E-state index in [4.69, 9.17) is 23.2 Å². The van der Waals surface area contributed by atoms with E-state index in [-0.39, 0.29) is 18.7 Å². The molecule has 5 atom stereocenters. The Morgan fingerprint density at radius 1 is 1.20 bits per heavy atom. The predicted octanol–water partition coefficient (Wildman–Crippen LogP) is 3.03. The van der Waals surface area contributed by atoms with Crippen LogP contribution in [-0.4, -0.2) is 63.2 Å². The molecule has 0 spiro atoms. The monoisotopic (exact) mass is 542 g/mol. The zero-order chi connectivity index (χ0) is 25.5. The normalized spacial score (nSPS) is 25.1. The van der Waals surface area contributed by atoms with Crippen LogP contribution in [0.3, 0.4) is 0 Å². The first-order chi connectivity index (χ1) is 16.7. The first-order valence-electron chi connectivity index (χ1n) is 11.4. The van der Waals surface area contributed by atoms with Crippen molar-refractivity contribution in [2.75, 3.05) is 6.54 Å². The number of aliphatic carboxylic acids is 1. The number of carboxylic acid groups (broad SMARTS) is 1. The van der Waals surface area contributed by atoms with Gasteiger partial charge in [0.05, 0.1) is 27.7 Å². The molecule has 1 aromatic heterocycles. The van der Waals surface area contributed by atoms with Crippen LogP contribution in [0.25, 0.3) is 0 Å². The molecule has 0 saturated carbocycles. The lowest BCUT2D eigenvalue weighted by Gasteiger charge is -2.31. The molecule has 1 aromatic rings. The molecule has 3 rings (SSSR count). The first-order valence-corrected chi connectivity index (χ1v) is 13.2. The number of ketones is 1. The fraction of sp³-hybridized carbons (Fsp3) is 0.500. The Hall–Kier alpha value is -2.20. The summed E-state index contributed by atoms with van der Waals surface area (Å²) < 4.78 is 0. The lowest BCUT2D eigenvalue weighted by molar-refractivity contribution is -0.142. The third kappa shape index (κ3) is 7.64. The van der Waals surface area contributed by atoms with Gasteiger partial charge < -0.3 is 20.8 Å².